The molecule has 23 heavy (non-hydrogen) atoms. The van der Waals surface area contributed by atoms with E-state index in [1.54, 1.807) is 12.1 Å². The van der Waals surface area contributed by atoms with Gasteiger partial charge in [-0.15, -0.1) is 0 Å². The minimum absolute atomic E-state index is 0.0113. The van der Waals surface area contributed by atoms with E-state index < -0.39 is 10.0 Å². The molecule has 0 bridgehead atoms. The third-order valence-electron chi connectivity index (χ3n) is 4.74. The molecule has 0 saturated heterocycles. The van der Waals surface area contributed by atoms with Gasteiger partial charge in [-0.2, -0.15) is 0 Å². The van der Waals surface area contributed by atoms with Crippen LogP contribution < -0.4 is 4.72 Å². The molecule has 0 aliphatic heterocycles. The van der Waals surface area contributed by atoms with Crippen LogP contribution in [-0.4, -0.2) is 26.2 Å². The van der Waals surface area contributed by atoms with Gasteiger partial charge in [0.2, 0.25) is 10.0 Å². The molecule has 0 spiro atoms. The minimum Gasteiger partial charge on any atom is -0.396 e. The average Bonchev–Trinajstić information content (AvgIpc) is 2.48. The van der Waals surface area contributed by atoms with Crippen molar-refractivity contribution in [2.24, 2.45) is 5.92 Å². The summed E-state index contributed by atoms with van der Waals surface area (Å²) in [5.74, 6) is 0.534. The van der Waals surface area contributed by atoms with Crippen LogP contribution in [0.1, 0.15) is 58.4 Å². The number of hydrogen-bond acceptors (Lipinski definition) is 3. The number of hydrogen-bond donors (Lipinski definition) is 2. The number of nitrogens with one attached hydrogen (secondary N) is 1. The molecule has 0 heterocycles. The van der Waals surface area contributed by atoms with Crippen molar-refractivity contribution in [3.8, 4) is 0 Å². The standard InChI is InChI=1S/C18H29NO3S/c1-18(2,3)15-6-10-17(11-7-15)23(21,22)19-16-8-4-14(5-9-16)12-13-20/h6-7,10-11,14,16,19-20H,4-5,8-9,12-13H2,1-3H3. The summed E-state index contributed by atoms with van der Waals surface area (Å²) < 4.78 is 27.9. The van der Waals surface area contributed by atoms with Crippen LogP contribution in [0, 0.1) is 5.92 Å². The van der Waals surface area contributed by atoms with Crippen LogP contribution in [0.5, 0.6) is 0 Å². The lowest BCUT2D eigenvalue weighted by Crippen LogP contribution is -2.37. The maximum atomic E-state index is 12.5. The highest BCUT2D eigenvalue weighted by Gasteiger charge is 2.25. The van der Waals surface area contributed by atoms with Gasteiger partial charge in [-0.05, 0) is 61.1 Å². The first-order valence-electron chi connectivity index (χ1n) is 8.46. The van der Waals surface area contributed by atoms with E-state index in [9.17, 15) is 8.42 Å². The lowest BCUT2D eigenvalue weighted by atomic mass is 9.85. The Morgan fingerprint density at radius 3 is 2.13 bits per heavy atom. The summed E-state index contributed by atoms with van der Waals surface area (Å²) in [6.07, 6.45) is 4.50. The largest absolute Gasteiger partial charge is 0.396 e. The molecule has 0 radical (unpaired) electrons. The predicted molar refractivity (Wildman–Crippen MR) is 92.9 cm³/mol. The van der Waals surface area contributed by atoms with Gasteiger partial charge in [0.15, 0.2) is 0 Å². The smallest absolute Gasteiger partial charge is 0.240 e. The first kappa shape index (κ1) is 18.4. The Hall–Kier alpha value is -0.910. The van der Waals surface area contributed by atoms with E-state index in [1.807, 2.05) is 12.1 Å². The number of aliphatic hydroxyl groups excluding tert-OH is 1. The van der Waals surface area contributed by atoms with Gasteiger partial charge in [-0.3, -0.25) is 0 Å². The molecule has 0 amide bonds. The zero-order valence-corrected chi connectivity index (χ0v) is 15.2. The Kier molecular flexibility index (Phi) is 5.87. The molecule has 5 heteroatoms. The Morgan fingerprint density at radius 2 is 1.65 bits per heavy atom. The van der Waals surface area contributed by atoms with E-state index in [4.69, 9.17) is 5.11 Å². The zero-order valence-electron chi connectivity index (χ0n) is 14.4. The van der Waals surface area contributed by atoms with Gasteiger partial charge in [0.1, 0.15) is 0 Å². The summed E-state index contributed by atoms with van der Waals surface area (Å²) in [5, 5.41) is 8.99. The van der Waals surface area contributed by atoms with E-state index in [1.165, 1.54) is 0 Å². The van der Waals surface area contributed by atoms with Crippen molar-refractivity contribution in [1.29, 1.82) is 0 Å². The molecule has 1 fully saturated rings. The van der Waals surface area contributed by atoms with Gasteiger partial charge in [0, 0.05) is 12.6 Å². The average molecular weight is 340 g/mol. The van der Waals surface area contributed by atoms with Crippen LogP contribution in [-0.2, 0) is 15.4 Å². The second kappa shape index (κ2) is 7.32. The molecule has 1 aliphatic carbocycles. The molecule has 1 aromatic carbocycles. The van der Waals surface area contributed by atoms with Crippen molar-refractivity contribution in [1.82, 2.24) is 4.72 Å². The lowest BCUT2D eigenvalue weighted by molar-refractivity contribution is 0.219. The van der Waals surface area contributed by atoms with Crippen LogP contribution in [0.4, 0.5) is 0 Å². The third kappa shape index (κ3) is 5.03. The van der Waals surface area contributed by atoms with E-state index >= 15 is 0 Å². The summed E-state index contributed by atoms with van der Waals surface area (Å²) in [4.78, 5) is 0.336. The summed E-state index contributed by atoms with van der Waals surface area (Å²) in [5.41, 5.74) is 1.14. The van der Waals surface area contributed by atoms with E-state index in [0.717, 1.165) is 37.7 Å². The lowest BCUT2D eigenvalue weighted by Gasteiger charge is -2.28. The second-order valence-corrected chi connectivity index (χ2v) is 9.34. The molecular formula is C18H29NO3S. The molecule has 0 unspecified atom stereocenters. The fraction of sp³-hybridized carbons (Fsp3) is 0.667. The summed E-state index contributed by atoms with van der Waals surface area (Å²) in [6, 6.07) is 7.19. The van der Waals surface area contributed by atoms with Crippen LogP contribution in [0.2, 0.25) is 0 Å². The fourth-order valence-corrected chi connectivity index (χ4v) is 4.48. The van der Waals surface area contributed by atoms with E-state index in [0.29, 0.717) is 10.8 Å². The molecule has 2 rings (SSSR count). The monoisotopic (exact) mass is 339 g/mol. The predicted octanol–water partition coefficient (Wildman–Crippen LogP) is 3.20. The van der Waals surface area contributed by atoms with Crippen LogP contribution >= 0.6 is 0 Å². The fourth-order valence-electron chi connectivity index (χ4n) is 3.17. The maximum absolute atomic E-state index is 12.5. The number of benzene rings is 1. The van der Waals surface area contributed by atoms with E-state index in [2.05, 4.69) is 25.5 Å². The highest BCUT2D eigenvalue weighted by atomic mass is 32.2. The molecular weight excluding hydrogens is 310 g/mol. The molecule has 0 aromatic heterocycles. The van der Waals surface area contributed by atoms with Gasteiger partial charge in [0.05, 0.1) is 4.90 Å². The number of sulfonamides is 1. The Morgan fingerprint density at radius 1 is 1.09 bits per heavy atom. The second-order valence-electron chi connectivity index (χ2n) is 7.63. The van der Waals surface area contributed by atoms with Crippen molar-refractivity contribution in [2.45, 2.75) is 69.2 Å². The summed E-state index contributed by atoms with van der Waals surface area (Å²) in [7, 11) is -3.45. The van der Waals surface area contributed by atoms with Gasteiger partial charge in [-0.1, -0.05) is 32.9 Å². The highest BCUT2D eigenvalue weighted by Crippen LogP contribution is 2.28. The molecule has 130 valence electrons. The van der Waals surface area contributed by atoms with E-state index in [-0.39, 0.29) is 18.1 Å². The first-order chi connectivity index (χ1) is 10.7. The normalized spacial score (nSPS) is 23.0. The zero-order chi connectivity index (χ0) is 17.1. The summed E-state index contributed by atoms with van der Waals surface area (Å²) in [6.45, 7) is 6.56. The highest BCUT2D eigenvalue weighted by molar-refractivity contribution is 7.89. The Bertz CT molecular complexity index is 594. The molecule has 1 aromatic rings. The van der Waals surface area contributed by atoms with Crippen LogP contribution in [0.3, 0.4) is 0 Å². The molecule has 4 nitrogen and oxygen atoms in total. The molecule has 1 saturated carbocycles. The van der Waals surface area contributed by atoms with Crippen molar-refractivity contribution >= 4 is 10.0 Å². The van der Waals surface area contributed by atoms with Crippen molar-refractivity contribution in [3.63, 3.8) is 0 Å². The first-order valence-corrected chi connectivity index (χ1v) is 9.94. The SMILES string of the molecule is CC(C)(C)c1ccc(S(=O)(=O)NC2CCC(CCO)CC2)cc1. The Balaban J connectivity index is 2.00. The number of rotatable bonds is 5. The molecule has 1 aliphatic rings. The third-order valence-corrected chi connectivity index (χ3v) is 6.27. The maximum Gasteiger partial charge on any atom is 0.240 e. The van der Waals surface area contributed by atoms with Gasteiger partial charge in [0.25, 0.3) is 0 Å². The van der Waals surface area contributed by atoms with Crippen molar-refractivity contribution < 1.29 is 13.5 Å². The minimum atomic E-state index is -3.45. The van der Waals surface area contributed by atoms with Crippen LogP contribution in [0.25, 0.3) is 0 Å². The van der Waals surface area contributed by atoms with Gasteiger partial charge >= 0.3 is 0 Å². The Labute approximate surface area is 140 Å². The van der Waals surface area contributed by atoms with Crippen LogP contribution in [0.15, 0.2) is 29.2 Å². The van der Waals surface area contributed by atoms with Crippen molar-refractivity contribution in [2.75, 3.05) is 6.61 Å². The summed E-state index contributed by atoms with van der Waals surface area (Å²) >= 11 is 0. The topological polar surface area (TPSA) is 66.4 Å². The quantitative estimate of drug-likeness (QED) is 0.866. The van der Waals surface area contributed by atoms with Gasteiger partial charge in [-0.25, -0.2) is 13.1 Å². The number of aliphatic hydroxyl groups is 1. The molecule has 2 N–H and O–H groups in total. The van der Waals surface area contributed by atoms with Gasteiger partial charge < -0.3 is 5.11 Å². The molecule has 0 atom stereocenters. The van der Waals surface area contributed by atoms with Crippen molar-refractivity contribution in [3.05, 3.63) is 29.8 Å².